The lowest BCUT2D eigenvalue weighted by molar-refractivity contribution is 0.414. The van der Waals surface area contributed by atoms with E-state index in [0.29, 0.717) is 19.2 Å². The fourth-order valence-electron chi connectivity index (χ4n) is 4.05. The number of aromatic nitrogens is 2. The molecular formula is C29H32N6O2. The fourth-order valence-corrected chi connectivity index (χ4v) is 4.05. The summed E-state index contributed by atoms with van der Waals surface area (Å²) in [5, 5.41) is 6.31. The van der Waals surface area contributed by atoms with Gasteiger partial charge in [0.2, 0.25) is 0 Å². The first kappa shape index (κ1) is 25.7. The molecule has 8 heteroatoms. The van der Waals surface area contributed by atoms with E-state index in [-0.39, 0.29) is 5.56 Å². The van der Waals surface area contributed by atoms with Gasteiger partial charge in [-0.05, 0) is 72.6 Å². The van der Waals surface area contributed by atoms with Gasteiger partial charge in [0, 0.05) is 23.5 Å². The normalized spacial score (nSPS) is 11.4. The highest BCUT2D eigenvalue weighted by Gasteiger charge is 2.12. The maximum absolute atomic E-state index is 13.2. The molecule has 0 aliphatic carbocycles. The number of hydrogen-bond acceptors (Lipinski definition) is 5. The summed E-state index contributed by atoms with van der Waals surface area (Å²) in [4.78, 5) is 22.0. The molecule has 2 heterocycles. The van der Waals surface area contributed by atoms with Gasteiger partial charge in [0.25, 0.3) is 5.56 Å². The Balaban J connectivity index is 1.69. The quantitative estimate of drug-likeness (QED) is 0.182. The van der Waals surface area contributed by atoms with Crippen molar-refractivity contribution in [3.05, 3.63) is 101 Å². The molecule has 4 rings (SSSR count). The molecule has 2 aromatic heterocycles. The van der Waals surface area contributed by atoms with E-state index in [2.05, 4.69) is 20.6 Å². The van der Waals surface area contributed by atoms with E-state index in [1.54, 1.807) is 23.9 Å². The number of ether oxygens (including phenoxy) is 1. The molecule has 37 heavy (non-hydrogen) atoms. The van der Waals surface area contributed by atoms with Crippen LogP contribution in [-0.2, 0) is 6.54 Å². The van der Waals surface area contributed by atoms with Crippen molar-refractivity contribution in [1.82, 2.24) is 14.9 Å². The number of anilines is 1. The minimum absolute atomic E-state index is 0.0702. The van der Waals surface area contributed by atoms with Gasteiger partial charge in [-0.1, -0.05) is 31.2 Å². The van der Waals surface area contributed by atoms with E-state index in [1.807, 2.05) is 80.6 Å². The van der Waals surface area contributed by atoms with E-state index in [4.69, 9.17) is 10.5 Å². The van der Waals surface area contributed by atoms with Crippen LogP contribution in [0.25, 0.3) is 22.4 Å². The monoisotopic (exact) mass is 496 g/mol. The molecule has 0 spiro atoms. The van der Waals surface area contributed by atoms with Crippen LogP contribution in [0.3, 0.4) is 0 Å². The Bertz CT molecular complexity index is 1450. The van der Waals surface area contributed by atoms with Crippen LogP contribution in [0.15, 0.2) is 88.8 Å². The summed E-state index contributed by atoms with van der Waals surface area (Å²) >= 11 is 0. The van der Waals surface area contributed by atoms with Crippen molar-refractivity contribution in [1.29, 1.82) is 0 Å². The number of aryl methyl sites for hydroxylation is 1. The summed E-state index contributed by atoms with van der Waals surface area (Å²) in [6.07, 6.45) is 1.75. The van der Waals surface area contributed by atoms with Crippen molar-refractivity contribution in [2.75, 3.05) is 25.6 Å². The first-order valence-electron chi connectivity index (χ1n) is 12.2. The number of benzene rings is 2. The van der Waals surface area contributed by atoms with Crippen LogP contribution in [0.1, 0.15) is 18.2 Å². The van der Waals surface area contributed by atoms with E-state index in [0.717, 1.165) is 51.6 Å². The second-order valence-electron chi connectivity index (χ2n) is 8.57. The minimum atomic E-state index is -0.0702. The summed E-state index contributed by atoms with van der Waals surface area (Å²) in [6.45, 7) is 5.66. The average Bonchev–Trinajstić information content (AvgIpc) is 2.91. The summed E-state index contributed by atoms with van der Waals surface area (Å²) in [5.74, 6) is 1.07. The van der Waals surface area contributed by atoms with Crippen LogP contribution < -0.4 is 26.7 Å². The van der Waals surface area contributed by atoms with Gasteiger partial charge in [-0.2, -0.15) is 0 Å². The number of nitrogens with two attached hydrogens (primary N) is 1. The largest absolute Gasteiger partial charge is 0.497 e. The van der Waals surface area contributed by atoms with Crippen molar-refractivity contribution >= 4 is 11.6 Å². The minimum Gasteiger partial charge on any atom is -0.497 e. The molecule has 0 atom stereocenters. The van der Waals surface area contributed by atoms with Crippen LogP contribution in [0.4, 0.5) is 5.69 Å². The highest BCUT2D eigenvalue weighted by atomic mass is 16.5. The number of nitrogens with zero attached hydrogens (tertiary/aromatic N) is 3. The SMILES string of the molecule is CCNC/N=C(\N)Nc1ccc(-c2cc(C)n(Cc3cccc(OC)c3)c(=O)c2)cc1-c1ccccn1. The molecule has 0 aliphatic heterocycles. The topological polar surface area (TPSA) is 107 Å². The number of hydrogen-bond donors (Lipinski definition) is 3. The van der Waals surface area contributed by atoms with Gasteiger partial charge in [-0.15, -0.1) is 0 Å². The molecule has 0 unspecified atom stereocenters. The van der Waals surface area contributed by atoms with Crippen LogP contribution in [-0.4, -0.2) is 35.8 Å². The zero-order chi connectivity index (χ0) is 26.2. The molecule has 4 N–H and O–H groups in total. The Morgan fingerprint density at radius 3 is 2.65 bits per heavy atom. The number of nitrogens with one attached hydrogen (secondary N) is 2. The third-order valence-electron chi connectivity index (χ3n) is 5.98. The van der Waals surface area contributed by atoms with Crippen molar-refractivity contribution in [3.63, 3.8) is 0 Å². The Hall–Kier alpha value is -4.43. The van der Waals surface area contributed by atoms with Gasteiger partial charge in [0.1, 0.15) is 5.75 Å². The maximum Gasteiger partial charge on any atom is 0.251 e. The maximum atomic E-state index is 13.2. The van der Waals surface area contributed by atoms with Gasteiger partial charge < -0.3 is 20.4 Å². The molecule has 2 aromatic carbocycles. The number of aliphatic imine (C=N–C) groups is 1. The number of rotatable bonds is 9. The Labute approximate surface area is 216 Å². The molecule has 0 bridgehead atoms. The third-order valence-corrected chi connectivity index (χ3v) is 5.98. The van der Waals surface area contributed by atoms with Crippen LogP contribution in [0.5, 0.6) is 5.75 Å². The molecule has 0 saturated carbocycles. The lowest BCUT2D eigenvalue weighted by Gasteiger charge is -2.15. The summed E-state index contributed by atoms with van der Waals surface area (Å²) in [6, 6.07) is 23.1. The van der Waals surface area contributed by atoms with Crippen LogP contribution >= 0.6 is 0 Å². The van der Waals surface area contributed by atoms with E-state index < -0.39 is 0 Å². The first-order valence-corrected chi connectivity index (χ1v) is 12.2. The zero-order valence-electron chi connectivity index (χ0n) is 21.4. The zero-order valence-corrected chi connectivity index (χ0v) is 21.4. The molecule has 0 fully saturated rings. The second-order valence-corrected chi connectivity index (χ2v) is 8.57. The van der Waals surface area contributed by atoms with Crippen LogP contribution in [0, 0.1) is 6.92 Å². The Morgan fingerprint density at radius 2 is 1.92 bits per heavy atom. The van der Waals surface area contributed by atoms with E-state index in [1.165, 1.54) is 0 Å². The molecule has 0 amide bonds. The number of methoxy groups -OCH3 is 1. The lowest BCUT2D eigenvalue weighted by atomic mass is 9.99. The molecule has 0 saturated heterocycles. The first-order chi connectivity index (χ1) is 18.0. The summed E-state index contributed by atoms with van der Waals surface area (Å²) < 4.78 is 7.08. The fraction of sp³-hybridized carbons (Fsp3) is 0.207. The van der Waals surface area contributed by atoms with Gasteiger partial charge >= 0.3 is 0 Å². The van der Waals surface area contributed by atoms with Gasteiger partial charge in [0.05, 0.1) is 31.7 Å². The van der Waals surface area contributed by atoms with E-state index in [9.17, 15) is 4.79 Å². The predicted octanol–water partition coefficient (Wildman–Crippen LogP) is 4.24. The van der Waals surface area contributed by atoms with Crippen molar-refractivity contribution < 1.29 is 4.74 Å². The van der Waals surface area contributed by atoms with Gasteiger partial charge in [-0.3, -0.25) is 15.1 Å². The smallest absolute Gasteiger partial charge is 0.251 e. The van der Waals surface area contributed by atoms with Gasteiger partial charge in [0.15, 0.2) is 5.96 Å². The summed E-state index contributed by atoms with van der Waals surface area (Å²) in [5.41, 5.74) is 12.1. The molecular weight excluding hydrogens is 464 g/mol. The molecule has 4 aromatic rings. The van der Waals surface area contributed by atoms with Crippen molar-refractivity contribution in [3.8, 4) is 28.1 Å². The Kier molecular flexibility index (Phi) is 8.33. The van der Waals surface area contributed by atoms with Crippen LogP contribution in [0.2, 0.25) is 0 Å². The molecule has 0 aliphatic rings. The number of guanidine groups is 1. The predicted molar refractivity (Wildman–Crippen MR) is 150 cm³/mol. The summed E-state index contributed by atoms with van der Waals surface area (Å²) in [7, 11) is 1.64. The van der Waals surface area contributed by atoms with Crippen molar-refractivity contribution in [2.24, 2.45) is 10.7 Å². The Morgan fingerprint density at radius 1 is 1.05 bits per heavy atom. The van der Waals surface area contributed by atoms with E-state index >= 15 is 0 Å². The van der Waals surface area contributed by atoms with Crippen molar-refractivity contribution in [2.45, 2.75) is 20.4 Å². The second kappa shape index (κ2) is 12.0. The van der Waals surface area contributed by atoms with Gasteiger partial charge in [-0.25, -0.2) is 4.99 Å². The average molecular weight is 497 g/mol. The highest BCUT2D eigenvalue weighted by molar-refractivity contribution is 5.97. The molecule has 190 valence electrons. The third kappa shape index (κ3) is 6.42. The molecule has 8 nitrogen and oxygen atoms in total. The standard InChI is InChI=1S/C29H32N6O2/c1-4-31-19-33-29(30)34-27-12-11-22(16-25(27)26-10-5-6-13-32-26)23-14-20(2)35(28(36)17-23)18-21-8-7-9-24(15-21)37-3/h5-17,31H,4,18-19H2,1-3H3,(H3,30,33,34). The molecule has 0 radical (unpaired) electrons. The lowest BCUT2D eigenvalue weighted by Crippen LogP contribution is -2.25. The number of pyridine rings is 2. The highest BCUT2D eigenvalue weighted by Crippen LogP contribution is 2.32.